The van der Waals surface area contributed by atoms with Crippen LogP contribution in [0.1, 0.15) is 36.3 Å². The number of nitrogens with zero attached hydrogens (tertiary/aromatic N) is 1. The summed E-state index contributed by atoms with van der Waals surface area (Å²) in [6, 6.07) is 12.0. The zero-order valence-corrected chi connectivity index (χ0v) is 14.4. The molecule has 0 aliphatic heterocycles. The van der Waals surface area contributed by atoms with Crippen LogP contribution in [0.25, 0.3) is 0 Å². The van der Waals surface area contributed by atoms with Crippen LogP contribution in [0.5, 0.6) is 5.75 Å². The number of pyridine rings is 1. The lowest BCUT2D eigenvalue weighted by Gasteiger charge is -2.11. The highest BCUT2D eigenvalue weighted by molar-refractivity contribution is 5.68. The Morgan fingerprint density at radius 3 is 2.96 bits per heavy atom. The first-order valence-electron chi connectivity index (χ1n) is 8.73. The second kappa shape index (κ2) is 8.01. The first-order chi connectivity index (χ1) is 12.1. The molecular weight excluding hydrogens is 316 g/mol. The summed E-state index contributed by atoms with van der Waals surface area (Å²) in [6.45, 7) is 3.50. The number of anilines is 1. The largest absolute Gasteiger partial charge is 0.493 e. The molecule has 0 saturated heterocycles. The molecule has 1 aliphatic carbocycles. The lowest BCUT2D eigenvalue weighted by Crippen LogP contribution is -2.08. The van der Waals surface area contributed by atoms with E-state index in [-0.39, 0.29) is 6.42 Å². The number of carboxylic acid groups (broad SMARTS) is 1. The van der Waals surface area contributed by atoms with Crippen molar-refractivity contribution in [2.75, 3.05) is 18.5 Å². The Bertz CT molecular complexity index is 718. The number of carbonyl (C=O) groups is 1. The number of ether oxygens (including phenoxy) is 1. The second-order valence-corrected chi connectivity index (χ2v) is 6.57. The van der Waals surface area contributed by atoms with E-state index < -0.39 is 5.97 Å². The maximum atomic E-state index is 10.8. The molecule has 0 amide bonds. The van der Waals surface area contributed by atoms with Gasteiger partial charge in [-0.25, -0.2) is 4.98 Å². The van der Waals surface area contributed by atoms with Gasteiger partial charge in [0.15, 0.2) is 0 Å². The van der Waals surface area contributed by atoms with Crippen LogP contribution < -0.4 is 10.1 Å². The molecule has 3 rings (SSSR count). The maximum Gasteiger partial charge on any atom is 0.303 e. The molecule has 2 atom stereocenters. The van der Waals surface area contributed by atoms with Gasteiger partial charge in [0.2, 0.25) is 0 Å². The molecule has 5 nitrogen and oxygen atoms in total. The highest BCUT2D eigenvalue weighted by Crippen LogP contribution is 2.50. The van der Waals surface area contributed by atoms with E-state index in [1.165, 1.54) is 5.56 Å². The van der Waals surface area contributed by atoms with Gasteiger partial charge in [-0.3, -0.25) is 4.79 Å². The van der Waals surface area contributed by atoms with Crippen molar-refractivity contribution in [3.8, 4) is 5.75 Å². The van der Waals surface area contributed by atoms with Gasteiger partial charge in [-0.15, -0.1) is 0 Å². The van der Waals surface area contributed by atoms with Crippen molar-refractivity contribution >= 4 is 11.8 Å². The van der Waals surface area contributed by atoms with Crippen LogP contribution in [0.3, 0.4) is 0 Å². The molecule has 1 heterocycles. The molecule has 1 aromatic carbocycles. The molecule has 132 valence electrons. The lowest BCUT2D eigenvalue weighted by molar-refractivity contribution is -0.137. The van der Waals surface area contributed by atoms with Gasteiger partial charge < -0.3 is 15.2 Å². The molecule has 2 N–H and O–H groups in total. The summed E-state index contributed by atoms with van der Waals surface area (Å²) in [7, 11) is 0. The number of aliphatic carboxylic acids is 1. The van der Waals surface area contributed by atoms with Gasteiger partial charge in [-0.05, 0) is 60.9 Å². The normalized spacial score (nSPS) is 18.6. The molecule has 0 radical (unpaired) electrons. The third-order valence-electron chi connectivity index (χ3n) is 4.54. The number of aromatic nitrogens is 1. The van der Waals surface area contributed by atoms with Crippen molar-refractivity contribution in [1.29, 1.82) is 0 Å². The topological polar surface area (TPSA) is 71.5 Å². The monoisotopic (exact) mass is 340 g/mol. The molecule has 1 saturated carbocycles. The Labute approximate surface area is 148 Å². The highest BCUT2D eigenvalue weighted by atomic mass is 16.5. The summed E-state index contributed by atoms with van der Waals surface area (Å²) in [6.07, 6.45) is 3.90. The first-order valence-corrected chi connectivity index (χ1v) is 8.73. The summed E-state index contributed by atoms with van der Waals surface area (Å²) >= 11 is 0. The Hall–Kier alpha value is -2.56. The fraction of sp³-hybridized carbons (Fsp3) is 0.400. The van der Waals surface area contributed by atoms with Crippen LogP contribution in [0.4, 0.5) is 5.82 Å². The fourth-order valence-electron chi connectivity index (χ4n) is 3.11. The summed E-state index contributed by atoms with van der Waals surface area (Å²) in [5.74, 6) is 1.76. The first kappa shape index (κ1) is 17.3. The fourth-order valence-corrected chi connectivity index (χ4v) is 3.11. The number of aryl methyl sites for hydroxylation is 1. The predicted octanol–water partition coefficient (Wildman–Crippen LogP) is 3.85. The van der Waals surface area contributed by atoms with Crippen molar-refractivity contribution < 1.29 is 14.6 Å². The van der Waals surface area contributed by atoms with Crippen LogP contribution in [-0.2, 0) is 4.79 Å². The minimum atomic E-state index is -0.705. The van der Waals surface area contributed by atoms with Crippen molar-refractivity contribution in [1.82, 2.24) is 4.98 Å². The van der Waals surface area contributed by atoms with Gasteiger partial charge in [0.25, 0.3) is 0 Å². The van der Waals surface area contributed by atoms with E-state index >= 15 is 0 Å². The third kappa shape index (κ3) is 4.95. The Kier molecular flexibility index (Phi) is 5.53. The molecule has 0 bridgehead atoms. The minimum absolute atomic E-state index is 0.269. The van der Waals surface area contributed by atoms with Crippen LogP contribution in [0.2, 0.25) is 0 Å². The number of carboxylic acids is 1. The average molecular weight is 340 g/mol. The number of benzene rings is 1. The summed E-state index contributed by atoms with van der Waals surface area (Å²) < 4.78 is 5.87. The molecule has 25 heavy (non-hydrogen) atoms. The van der Waals surface area contributed by atoms with E-state index in [4.69, 9.17) is 9.84 Å². The standard InChI is InChI=1S/C20H24N2O3/c1-14-11-15(17-12-16(17)13-20(23)24)6-7-18(14)25-10-4-9-22-19-5-2-3-8-21-19/h2-3,5-8,11,16-17H,4,9-10,12-13H2,1H3,(H,21,22)(H,23,24). The molecular formula is C20H24N2O3. The van der Waals surface area contributed by atoms with Crippen LogP contribution in [0, 0.1) is 12.8 Å². The second-order valence-electron chi connectivity index (χ2n) is 6.57. The summed E-state index contributed by atoms with van der Waals surface area (Å²) in [5, 5.41) is 12.1. The smallest absolute Gasteiger partial charge is 0.303 e. The van der Waals surface area contributed by atoms with Crippen LogP contribution in [0.15, 0.2) is 42.6 Å². The van der Waals surface area contributed by atoms with Crippen molar-refractivity contribution in [3.05, 3.63) is 53.7 Å². The zero-order chi connectivity index (χ0) is 17.6. The third-order valence-corrected chi connectivity index (χ3v) is 4.54. The molecule has 0 spiro atoms. The number of rotatable bonds is 9. The molecule has 1 aromatic heterocycles. The van der Waals surface area contributed by atoms with Gasteiger partial charge in [-0.2, -0.15) is 0 Å². The van der Waals surface area contributed by atoms with Crippen LogP contribution in [-0.4, -0.2) is 29.2 Å². The highest BCUT2D eigenvalue weighted by Gasteiger charge is 2.39. The van der Waals surface area contributed by atoms with Gasteiger partial charge >= 0.3 is 5.97 Å². The number of nitrogens with one attached hydrogen (secondary N) is 1. The molecule has 2 unspecified atom stereocenters. The van der Waals surface area contributed by atoms with E-state index in [2.05, 4.69) is 22.4 Å². The SMILES string of the molecule is Cc1cc(C2CC2CC(=O)O)ccc1OCCCNc1ccccn1. The van der Waals surface area contributed by atoms with E-state index in [1.807, 2.05) is 31.2 Å². The van der Waals surface area contributed by atoms with E-state index in [1.54, 1.807) is 6.20 Å². The Morgan fingerprint density at radius 1 is 1.36 bits per heavy atom. The predicted molar refractivity (Wildman–Crippen MR) is 97.1 cm³/mol. The number of hydrogen-bond donors (Lipinski definition) is 2. The Balaban J connectivity index is 1.42. The molecule has 2 aromatic rings. The van der Waals surface area contributed by atoms with Crippen LogP contribution >= 0.6 is 0 Å². The van der Waals surface area contributed by atoms with Gasteiger partial charge in [0.1, 0.15) is 11.6 Å². The summed E-state index contributed by atoms with van der Waals surface area (Å²) in [5.41, 5.74) is 2.34. The Morgan fingerprint density at radius 2 is 2.24 bits per heavy atom. The average Bonchev–Trinajstić information content (AvgIpc) is 3.35. The van der Waals surface area contributed by atoms with Crippen molar-refractivity contribution in [2.24, 2.45) is 5.92 Å². The minimum Gasteiger partial charge on any atom is -0.493 e. The molecule has 5 heteroatoms. The van der Waals surface area contributed by atoms with E-state index in [0.29, 0.717) is 18.4 Å². The van der Waals surface area contributed by atoms with Crippen molar-refractivity contribution in [3.63, 3.8) is 0 Å². The van der Waals surface area contributed by atoms with E-state index in [0.717, 1.165) is 36.5 Å². The number of hydrogen-bond acceptors (Lipinski definition) is 4. The summed E-state index contributed by atoms with van der Waals surface area (Å²) in [4.78, 5) is 15.0. The van der Waals surface area contributed by atoms with Crippen molar-refractivity contribution in [2.45, 2.75) is 32.1 Å². The van der Waals surface area contributed by atoms with Gasteiger partial charge in [0.05, 0.1) is 6.61 Å². The van der Waals surface area contributed by atoms with Gasteiger partial charge in [0, 0.05) is 19.2 Å². The lowest BCUT2D eigenvalue weighted by atomic mass is 10.0. The molecule has 1 aliphatic rings. The van der Waals surface area contributed by atoms with Gasteiger partial charge in [-0.1, -0.05) is 18.2 Å². The van der Waals surface area contributed by atoms with E-state index in [9.17, 15) is 4.79 Å². The quantitative estimate of drug-likeness (QED) is 0.679. The molecule has 1 fully saturated rings. The maximum absolute atomic E-state index is 10.8. The zero-order valence-electron chi connectivity index (χ0n) is 14.4.